The van der Waals surface area contributed by atoms with Crippen molar-refractivity contribution in [2.75, 3.05) is 20.3 Å². The van der Waals surface area contributed by atoms with Crippen LogP contribution in [0.2, 0.25) is 0 Å². The van der Waals surface area contributed by atoms with Gasteiger partial charge in [-0.25, -0.2) is 4.79 Å². The lowest BCUT2D eigenvalue weighted by Crippen LogP contribution is -2.61. The third kappa shape index (κ3) is 4.37. The second kappa shape index (κ2) is 6.85. The fraction of sp³-hybridized carbons (Fsp3) is 0.889. The summed E-state index contributed by atoms with van der Waals surface area (Å²) >= 11 is 0. The number of methoxy groups -OCH3 is 1. The van der Waals surface area contributed by atoms with E-state index >= 15 is 0 Å². The van der Waals surface area contributed by atoms with Gasteiger partial charge >= 0.3 is 36.2 Å². The molecule has 1 atom stereocenters. The van der Waals surface area contributed by atoms with E-state index in [9.17, 15) is 53.1 Å². The maximum Gasteiger partial charge on any atom is 0.462 e. The van der Waals surface area contributed by atoms with Gasteiger partial charge in [0.15, 0.2) is 0 Å². The lowest BCUT2D eigenvalue weighted by Gasteiger charge is -2.33. The van der Waals surface area contributed by atoms with E-state index in [-0.39, 0.29) is 0 Å². The summed E-state index contributed by atoms with van der Waals surface area (Å²) in [4.78, 5) is 10.9. The molecule has 1 unspecified atom stereocenters. The lowest BCUT2D eigenvalue weighted by molar-refractivity contribution is -0.475. The minimum absolute atomic E-state index is 0.672. The van der Waals surface area contributed by atoms with Gasteiger partial charge in [0.2, 0.25) is 0 Å². The molecule has 0 saturated heterocycles. The zero-order valence-electron chi connectivity index (χ0n) is 11.2. The highest BCUT2D eigenvalue weighted by Crippen LogP contribution is 2.51. The molecule has 0 saturated carbocycles. The number of carbonyl (C=O) groups is 1. The van der Waals surface area contributed by atoms with Crippen LogP contribution in [0.5, 0.6) is 0 Å². The van der Waals surface area contributed by atoms with Gasteiger partial charge in [-0.2, -0.15) is 48.3 Å². The fourth-order valence-corrected chi connectivity index (χ4v) is 0.932. The summed E-state index contributed by atoms with van der Waals surface area (Å²) in [5.41, 5.74) is 0. The molecule has 0 radical (unpaired) electrons. The SMILES string of the molecule is COCCOC(=O)C(F)(OC(F)(F)C(F)(F)C(F)(F)F)C(F)(F)F. The van der Waals surface area contributed by atoms with Crippen molar-refractivity contribution in [2.45, 2.75) is 30.2 Å². The number of rotatable bonds is 7. The van der Waals surface area contributed by atoms with Crippen LogP contribution in [-0.2, 0) is 19.0 Å². The first kappa shape index (κ1) is 22.6. The van der Waals surface area contributed by atoms with Gasteiger partial charge in [-0.3, -0.25) is 4.74 Å². The molecule has 4 nitrogen and oxygen atoms in total. The third-order valence-electron chi connectivity index (χ3n) is 2.14. The molecule has 0 spiro atoms. The number of esters is 1. The molecular formula is C9H7F11O4. The molecule has 0 aromatic heterocycles. The highest BCUT2D eigenvalue weighted by Gasteiger charge is 2.80. The number of hydrogen-bond acceptors (Lipinski definition) is 4. The van der Waals surface area contributed by atoms with Gasteiger partial charge in [-0.1, -0.05) is 0 Å². The molecule has 0 heterocycles. The quantitative estimate of drug-likeness (QED) is 0.382. The first-order chi connectivity index (χ1) is 10.4. The summed E-state index contributed by atoms with van der Waals surface area (Å²) in [5.74, 6) is -16.8. The fourth-order valence-electron chi connectivity index (χ4n) is 0.932. The van der Waals surface area contributed by atoms with Gasteiger partial charge in [-0.05, 0) is 0 Å². The Hall–Kier alpha value is -1.38. The summed E-state index contributed by atoms with van der Waals surface area (Å²) in [5, 5.41) is 0. The van der Waals surface area contributed by atoms with Gasteiger partial charge in [0.25, 0.3) is 0 Å². The molecule has 0 amide bonds. The predicted molar refractivity (Wildman–Crippen MR) is 49.8 cm³/mol. The van der Waals surface area contributed by atoms with Crippen LogP contribution >= 0.6 is 0 Å². The first-order valence-corrected chi connectivity index (χ1v) is 5.38. The van der Waals surface area contributed by atoms with Crippen molar-refractivity contribution >= 4 is 5.97 Å². The molecule has 0 bridgehead atoms. The standard InChI is InChI=1S/C9H7F11O4/c1-22-2-3-23-4(21)5(10,7(13,14)15)24-9(19,20)6(11,12)8(16,17)18/h2-3H2,1H3. The monoisotopic (exact) mass is 388 g/mol. The van der Waals surface area contributed by atoms with E-state index < -0.39 is 49.4 Å². The van der Waals surface area contributed by atoms with Gasteiger partial charge in [0, 0.05) is 7.11 Å². The Morgan fingerprint density at radius 1 is 0.792 bits per heavy atom. The Balaban J connectivity index is 5.69. The van der Waals surface area contributed by atoms with Crippen LogP contribution in [0, 0.1) is 0 Å². The van der Waals surface area contributed by atoms with Crippen LogP contribution in [0.1, 0.15) is 0 Å². The maximum absolute atomic E-state index is 13.5. The van der Waals surface area contributed by atoms with E-state index in [1.807, 2.05) is 4.74 Å². The smallest absolute Gasteiger partial charge is 0.459 e. The molecule has 0 aliphatic carbocycles. The minimum Gasteiger partial charge on any atom is -0.459 e. The Morgan fingerprint density at radius 2 is 1.25 bits per heavy atom. The number of hydrogen-bond donors (Lipinski definition) is 0. The maximum atomic E-state index is 13.5. The van der Waals surface area contributed by atoms with Crippen molar-refractivity contribution in [2.24, 2.45) is 0 Å². The van der Waals surface area contributed by atoms with Gasteiger partial charge in [0.1, 0.15) is 6.61 Å². The molecule has 0 aromatic carbocycles. The van der Waals surface area contributed by atoms with Crippen molar-refractivity contribution in [1.29, 1.82) is 0 Å². The summed E-state index contributed by atoms with van der Waals surface area (Å²) in [6.07, 6.45) is -21.0. The van der Waals surface area contributed by atoms with Crippen molar-refractivity contribution in [3.8, 4) is 0 Å². The summed E-state index contributed by atoms with van der Waals surface area (Å²) in [6, 6.07) is 0. The molecule has 15 heteroatoms. The largest absolute Gasteiger partial charge is 0.462 e. The zero-order chi connectivity index (χ0) is 19.6. The van der Waals surface area contributed by atoms with E-state index in [0.29, 0.717) is 0 Å². The zero-order valence-corrected chi connectivity index (χ0v) is 11.2. The molecule has 0 fully saturated rings. The van der Waals surface area contributed by atoms with E-state index in [1.165, 1.54) is 0 Å². The topological polar surface area (TPSA) is 44.8 Å². The average Bonchev–Trinajstić information content (AvgIpc) is 2.35. The molecule has 24 heavy (non-hydrogen) atoms. The van der Waals surface area contributed by atoms with E-state index in [4.69, 9.17) is 0 Å². The van der Waals surface area contributed by atoms with E-state index in [2.05, 4.69) is 9.47 Å². The van der Waals surface area contributed by atoms with Crippen molar-refractivity contribution in [3.05, 3.63) is 0 Å². The van der Waals surface area contributed by atoms with Crippen LogP contribution < -0.4 is 0 Å². The highest BCUT2D eigenvalue weighted by molar-refractivity contribution is 5.78. The normalized spacial score (nSPS) is 16.7. The van der Waals surface area contributed by atoms with Crippen LogP contribution in [0.4, 0.5) is 48.3 Å². The Morgan fingerprint density at radius 3 is 1.58 bits per heavy atom. The number of carbonyl (C=O) groups excluding carboxylic acids is 1. The lowest BCUT2D eigenvalue weighted by atomic mass is 10.2. The second-order valence-corrected chi connectivity index (χ2v) is 3.91. The molecule has 0 aliphatic rings. The van der Waals surface area contributed by atoms with Crippen LogP contribution in [0.25, 0.3) is 0 Å². The number of halogens is 11. The average molecular weight is 388 g/mol. The number of ether oxygens (including phenoxy) is 3. The predicted octanol–water partition coefficient (Wildman–Crippen LogP) is 3.21. The second-order valence-electron chi connectivity index (χ2n) is 3.91. The summed E-state index contributed by atoms with van der Waals surface area (Å²) in [6.45, 7) is -1.84. The summed E-state index contributed by atoms with van der Waals surface area (Å²) < 4.78 is 146. The molecular weight excluding hydrogens is 381 g/mol. The molecule has 0 N–H and O–H groups in total. The van der Waals surface area contributed by atoms with Gasteiger partial charge in [-0.15, -0.1) is 0 Å². The Labute approximate surface area is 125 Å². The molecule has 144 valence electrons. The summed E-state index contributed by atoms with van der Waals surface area (Å²) in [7, 11) is 0.925. The van der Waals surface area contributed by atoms with Crippen LogP contribution in [0.15, 0.2) is 0 Å². The van der Waals surface area contributed by atoms with Gasteiger partial charge < -0.3 is 9.47 Å². The third-order valence-corrected chi connectivity index (χ3v) is 2.14. The van der Waals surface area contributed by atoms with Crippen LogP contribution in [-0.4, -0.2) is 56.5 Å². The number of alkyl halides is 11. The van der Waals surface area contributed by atoms with Crippen molar-refractivity contribution in [1.82, 2.24) is 0 Å². The van der Waals surface area contributed by atoms with Gasteiger partial charge in [0.05, 0.1) is 6.61 Å². The van der Waals surface area contributed by atoms with E-state index in [0.717, 1.165) is 7.11 Å². The van der Waals surface area contributed by atoms with E-state index in [1.54, 1.807) is 0 Å². The molecule has 0 rings (SSSR count). The van der Waals surface area contributed by atoms with Crippen molar-refractivity contribution in [3.63, 3.8) is 0 Å². The molecule has 0 aliphatic heterocycles. The van der Waals surface area contributed by atoms with Crippen molar-refractivity contribution < 1.29 is 67.3 Å². The molecule has 0 aromatic rings. The Kier molecular flexibility index (Phi) is 6.46. The first-order valence-electron chi connectivity index (χ1n) is 5.38. The van der Waals surface area contributed by atoms with Crippen LogP contribution in [0.3, 0.4) is 0 Å². The Bertz CT molecular complexity index is 444. The minimum atomic E-state index is -7.24. The highest BCUT2D eigenvalue weighted by atomic mass is 19.4.